The molecule has 7 heteroatoms. The van der Waals surface area contributed by atoms with Crippen LogP contribution in [0.15, 0.2) is 55.4 Å². The van der Waals surface area contributed by atoms with Crippen LogP contribution in [0.5, 0.6) is 0 Å². The van der Waals surface area contributed by atoms with E-state index in [0.29, 0.717) is 5.92 Å². The number of rotatable bonds is 6. The van der Waals surface area contributed by atoms with E-state index >= 15 is 0 Å². The molecular weight excluding hydrogens is 352 g/mol. The number of amides is 1. The maximum Gasteiger partial charge on any atom is 0.247 e. The summed E-state index contributed by atoms with van der Waals surface area (Å²) in [6.45, 7) is 4.37. The number of aromatic nitrogens is 5. The topological polar surface area (TPSA) is 68.8 Å². The normalized spacial score (nSPS) is 16.2. The molecule has 0 aliphatic carbocycles. The Morgan fingerprint density at radius 2 is 1.93 bits per heavy atom. The monoisotopic (exact) mass is 378 g/mol. The van der Waals surface area contributed by atoms with Gasteiger partial charge in [-0.15, -0.1) is 0 Å². The van der Waals surface area contributed by atoms with Gasteiger partial charge in [-0.05, 0) is 43.0 Å². The Labute approximate surface area is 165 Å². The second kappa shape index (κ2) is 8.37. The highest BCUT2D eigenvalue weighted by atomic mass is 16.2. The zero-order valence-corrected chi connectivity index (χ0v) is 16.2. The number of carbonyl (C=O) groups excluding carboxylic acids is 1. The van der Waals surface area contributed by atoms with Crippen molar-refractivity contribution in [3.63, 3.8) is 0 Å². The van der Waals surface area contributed by atoms with Crippen LogP contribution in [0.3, 0.4) is 0 Å². The molecule has 0 unspecified atom stereocenters. The zero-order valence-electron chi connectivity index (χ0n) is 16.2. The van der Waals surface area contributed by atoms with Crippen LogP contribution in [-0.2, 0) is 11.3 Å². The van der Waals surface area contributed by atoms with Crippen molar-refractivity contribution in [2.75, 3.05) is 13.1 Å². The van der Waals surface area contributed by atoms with Gasteiger partial charge in [0.05, 0.1) is 0 Å². The van der Waals surface area contributed by atoms with Gasteiger partial charge < -0.3 is 9.47 Å². The van der Waals surface area contributed by atoms with Crippen LogP contribution in [0, 0.1) is 0 Å². The highest BCUT2D eigenvalue weighted by Crippen LogP contribution is 2.29. The molecule has 4 rings (SSSR count). The Balaban J connectivity index is 1.40. The second-order valence-electron chi connectivity index (χ2n) is 7.28. The van der Waals surface area contributed by atoms with Gasteiger partial charge in [0.25, 0.3) is 0 Å². The number of hydrogen-bond donors (Lipinski definition) is 0. The smallest absolute Gasteiger partial charge is 0.247 e. The first kappa shape index (κ1) is 18.4. The molecule has 4 heterocycles. The number of hydrogen-bond acceptors (Lipinski definition) is 4. The molecule has 0 saturated carbocycles. The largest absolute Gasteiger partial charge is 0.341 e. The number of likely N-dealkylation sites (tertiary alicyclic amines) is 1. The van der Waals surface area contributed by atoms with Crippen LogP contribution >= 0.6 is 0 Å². The first-order valence-corrected chi connectivity index (χ1v) is 9.94. The number of pyridine rings is 1. The third kappa shape index (κ3) is 3.83. The average molecular weight is 378 g/mol. The maximum absolute atomic E-state index is 13.0. The molecule has 1 aliphatic rings. The summed E-state index contributed by atoms with van der Waals surface area (Å²) in [6.07, 6.45) is 13.8. The van der Waals surface area contributed by atoms with Gasteiger partial charge in [-0.25, -0.2) is 4.98 Å². The SMILES string of the molecule is CC[C@H](C(=O)N1CCC(c2nccn2Cc2ccncc2)CC1)n1cccn1. The summed E-state index contributed by atoms with van der Waals surface area (Å²) in [7, 11) is 0. The van der Waals surface area contributed by atoms with E-state index < -0.39 is 0 Å². The lowest BCUT2D eigenvalue weighted by atomic mass is 9.95. The lowest BCUT2D eigenvalue weighted by Gasteiger charge is -2.34. The number of piperidine rings is 1. The van der Waals surface area contributed by atoms with Crippen molar-refractivity contribution in [1.29, 1.82) is 0 Å². The first-order chi connectivity index (χ1) is 13.8. The molecule has 1 amide bonds. The molecule has 0 spiro atoms. The molecule has 3 aromatic rings. The summed E-state index contributed by atoms with van der Waals surface area (Å²) < 4.78 is 3.99. The van der Waals surface area contributed by atoms with Gasteiger partial charge in [0.15, 0.2) is 0 Å². The average Bonchev–Trinajstić information content (AvgIpc) is 3.42. The number of imidazole rings is 1. The Bertz CT molecular complexity index is 881. The molecule has 1 saturated heterocycles. The standard InChI is InChI=1S/C21H26N6O/c1-2-19(27-12-3-8-24-27)21(28)25-13-6-18(7-14-25)20-23-11-15-26(20)16-17-4-9-22-10-5-17/h3-5,8-12,15,18-19H,2,6-7,13-14,16H2,1H3/t19-/m1/s1. The van der Waals surface area contributed by atoms with E-state index in [2.05, 4.69) is 19.6 Å². The maximum atomic E-state index is 13.0. The predicted molar refractivity (Wildman–Crippen MR) is 106 cm³/mol. The van der Waals surface area contributed by atoms with Crippen LogP contribution in [0.2, 0.25) is 0 Å². The van der Waals surface area contributed by atoms with Crippen LogP contribution in [-0.4, -0.2) is 48.2 Å². The molecule has 28 heavy (non-hydrogen) atoms. The van der Waals surface area contributed by atoms with Crippen LogP contribution in [0.1, 0.15) is 49.5 Å². The summed E-state index contributed by atoms with van der Waals surface area (Å²) in [4.78, 5) is 23.7. The van der Waals surface area contributed by atoms with Gasteiger partial charge in [0.1, 0.15) is 11.9 Å². The van der Waals surface area contributed by atoms with Crippen molar-refractivity contribution in [3.05, 3.63) is 66.8 Å². The zero-order chi connectivity index (χ0) is 19.3. The Kier molecular flexibility index (Phi) is 5.50. The second-order valence-corrected chi connectivity index (χ2v) is 7.28. The van der Waals surface area contributed by atoms with E-state index in [1.807, 2.05) is 61.0 Å². The fourth-order valence-corrected chi connectivity index (χ4v) is 4.01. The van der Waals surface area contributed by atoms with Crippen molar-refractivity contribution >= 4 is 5.91 Å². The van der Waals surface area contributed by atoms with Crippen LogP contribution < -0.4 is 0 Å². The quantitative estimate of drug-likeness (QED) is 0.661. The fourth-order valence-electron chi connectivity index (χ4n) is 4.01. The van der Waals surface area contributed by atoms with Gasteiger partial charge in [-0.1, -0.05) is 6.92 Å². The van der Waals surface area contributed by atoms with Crippen molar-refractivity contribution < 1.29 is 4.79 Å². The molecular formula is C21H26N6O. The lowest BCUT2D eigenvalue weighted by Crippen LogP contribution is -2.42. The molecule has 0 radical (unpaired) electrons. The Morgan fingerprint density at radius 3 is 2.61 bits per heavy atom. The highest BCUT2D eigenvalue weighted by molar-refractivity contribution is 5.80. The molecule has 146 valence electrons. The molecule has 0 N–H and O–H groups in total. The van der Waals surface area contributed by atoms with Gasteiger partial charge in [0.2, 0.25) is 5.91 Å². The summed E-state index contributed by atoms with van der Waals surface area (Å²) in [5.74, 6) is 1.67. The third-order valence-corrected chi connectivity index (χ3v) is 5.54. The van der Waals surface area contributed by atoms with Crippen molar-refractivity contribution in [3.8, 4) is 0 Å². The van der Waals surface area contributed by atoms with Crippen molar-refractivity contribution in [1.82, 2.24) is 29.2 Å². The minimum absolute atomic E-state index is 0.171. The third-order valence-electron chi connectivity index (χ3n) is 5.54. The van der Waals surface area contributed by atoms with E-state index in [4.69, 9.17) is 0 Å². The Hall–Kier alpha value is -2.96. The lowest BCUT2D eigenvalue weighted by molar-refractivity contribution is -0.136. The van der Waals surface area contributed by atoms with E-state index in [1.54, 1.807) is 10.9 Å². The summed E-state index contributed by atoms with van der Waals surface area (Å²) in [5.41, 5.74) is 1.21. The predicted octanol–water partition coefficient (Wildman–Crippen LogP) is 2.88. The minimum atomic E-state index is -0.208. The number of nitrogens with zero attached hydrogens (tertiary/aromatic N) is 6. The number of carbonyl (C=O) groups is 1. The van der Waals surface area contributed by atoms with Crippen LogP contribution in [0.25, 0.3) is 0 Å². The van der Waals surface area contributed by atoms with Crippen LogP contribution in [0.4, 0.5) is 0 Å². The van der Waals surface area contributed by atoms with E-state index in [-0.39, 0.29) is 11.9 Å². The summed E-state index contributed by atoms with van der Waals surface area (Å²) in [6, 6.07) is 5.72. The van der Waals surface area contributed by atoms with Crippen molar-refractivity contribution in [2.45, 2.75) is 44.7 Å². The molecule has 1 aliphatic heterocycles. The molecule has 3 aromatic heterocycles. The van der Waals surface area contributed by atoms with Gasteiger partial charge >= 0.3 is 0 Å². The highest BCUT2D eigenvalue weighted by Gasteiger charge is 2.30. The van der Waals surface area contributed by atoms with Gasteiger partial charge in [-0.3, -0.25) is 14.5 Å². The van der Waals surface area contributed by atoms with E-state index in [9.17, 15) is 4.79 Å². The Morgan fingerprint density at radius 1 is 1.14 bits per heavy atom. The minimum Gasteiger partial charge on any atom is -0.341 e. The van der Waals surface area contributed by atoms with E-state index in [1.165, 1.54) is 5.56 Å². The molecule has 0 aromatic carbocycles. The van der Waals surface area contributed by atoms with Gasteiger partial charge in [0, 0.05) is 62.7 Å². The molecule has 1 fully saturated rings. The molecule has 7 nitrogen and oxygen atoms in total. The first-order valence-electron chi connectivity index (χ1n) is 9.94. The molecule has 1 atom stereocenters. The summed E-state index contributed by atoms with van der Waals surface area (Å²) in [5, 5.41) is 4.26. The fraction of sp³-hybridized carbons (Fsp3) is 0.429. The van der Waals surface area contributed by atoms with E-state index in [0.717, 1.165) is 44.7 Å². The van der Waals surface area contributed by atoms with Gasteiger partial charge in [-0.2, -0.15) is 5.10 Å². The molecule has 0 bridgehead atoms. The summed E-state index contributed by atoms with van der Waals surface area (Å²) >= 11 is 0. The van der Waals surface area contributed by atoms with Crippen molar-refractivity contribution in [2.24, 2.45) is 0 Å².